The number of hydrogen-bond acceptors (Lipinski definition) is 3. The van der Waals surface area contributed by atoms with Crippen molar-refractivity contribution < 1.29 is 4.79 Å². The number of carbonyl (C=O) groups is 1. The van der Waals surface area contributed by atoms with E-state index in [-0.39, 0.29) is 5.91 Å². The monoisotopic (exact) mass is 199 g/mol. The minimum atomic E-state index is 0.186. The molecule has 0 bridgehead atoms. The minimum Gasteiger partial charge on any atom is -0.356 e. The Bertz CT molecular complexity index is 167. The molecular formula is C10H21N3O. The zero-order chi connectivity index (χ0) is 10.2. The van der Waals surface area contributed by atoms with Crippen LogP contribution < -0.4 is 16.4 Å². The van der Waals surface area contributed by atoms with Crippen molar-refractivity contribution in [3.63, 3.8) is 0 Å². The van der Waals surface area contributed by atoms with Crippen LogP contribution in [0.4, 0.5) is 0 Å². The highest BCUT2D eigenvalue weighted by Gasteiger charge is 2.15. The Morgan fingerprint density at radius 1 is 1.43 bits per heavy atom. The minimum absolute atomic E-state index is 0.186. The molecule has 0 aromatic rings. The van der Waals surface area contributed by atoms with Gasteiger partial charge in [-0.3, -0.25) is 4.79 Å². The maximum Gasteiger partial charge on any atom is 0.220 e. The molecule has 14 heavy (non-hydrogen) atoms. The van der Waals surface area contributed by atoms with Gasteiger partial charge >= 0.3 is 0 Å². The highest BCUT2D eigenvalue weighted by molar-refractivity contribution is 5.76. The maximum atomic E-state index is 11.4. The number of rotatable bonds is 5. The summed E-state index contributed by atoms with van der Waals surface area (Å²) in [5, 5.41) is 6.18. The summed E-state index contributed by atoms with van der Waals surface area (Å²) in [6.07, 6.45) is 3.82. The van der Waals surface area contributed by atoms with Crippen molar-refractivity contribution in [1.29, 1.82) is 0 Å². The summed E-state index contributed by atoms with van der Waals surface area (Å²) in [6, 6.07) is 0. The van der Waals surface area contributed by atoms with Crippen molar-refractivity contribution in [2.75, 3.05) is 26.2 Å². The standard InChI is InChI=1S/C10H21N3O/c11-4-1-5-13-10(14)8-9-2-6-12-7-3-9/h9,12H,1-8,11H2,(H,13,14). The Morgan fingerprint density at radius 3 is 2.79 bits per heavy atom. The number of hydrogen-bond donors (Lipinski definition) is 3. The summed E-state index contributed by atoms with van der Waals surface area (Å²) in [5.41, 5.74) is 5.34. The second kappa shape index (κ2) is 6.79. The van der Waals surface area contributed by atoms with E-state index in [4.69, 9.17) is 5.73 Å². The van der Waals surface area contributed by atoms with Crippen LogP contribution in [0.1, 0.15) is 25.7 Å². The van der Waals surface area contributed by atoms with Crippen LogP contribution in [0.25, 0.3) is 0 Å². The van der Waals surface area contributed by atoms with E-state index in [1.165, 1.54) is 0 Å². The van der Waals surface area contributed by atoms with Gasteiger partial charge in [0.05, 0.1) is 0 Å². The third kappa shape index (κ3) is 4.58. The predicted octanol–water partition coefficient (Wildman–Crippen LogP) is -0.159. The van der Waals surface area contributed by atoms with Crippen molar-refractivity contribution in [3.8, 4) is 0 Å². The van der Waals surface area contributed by atoms with Gasteiger partial charge in [0, 0.05) is 13.0 Å². The molecule has 1 heterocycles. The lowest BCUT2D eigenvalue weighted by Crippen LogP contribution is -2.32. The van der Waals surface area contributed by atoms with Crippen molar-refractivity contribution in [1.82, 2.24) is 10.6 Å². The third-order valence-corrected chi connectivity index (χ3v) is 2.64. The lowest BCUT2D eigenvalue weighted by Gasteiger charge is -2.21. The molecular weight excluding hydrogens is 178 g/mol. The fourth-order valence-corrected chi connectivity index (χ4v) is 1.75. The zero-order valence-corrected chi connectivity index (χ0v) is 8.72. The van der Waals surface area contributed by atoms with E-state index in [0.29, 0.717) is 18.9 Å². The number of carbonyl (C=O) groups excluding carboxylic acids is 1. The lowest BCUT2D eigenvalue weighted by molar-refractivity contribution is -0.122. The number of nitrogens with one attached hydrogen (secondary N) is 2. The fourth-order valence-electron chi connectivity index (χ4n) is 1.75. The van der Waals surface area contributed by atoms with Gasteiger partial charge in [-0.1, -0.05) is 0 Å². The van der Waals surface area contributed by atoms with E-state index < -0.39 is 0 Å². The largest absolute Gasteiger partial charge is 0.356 e. The van der Waals surface area contributed by atoms with Gasteiger partial charge in [0.2, 0.25) is 5.91 Å². The van der Waals surface area contributed by atoms with Crippen LogP contribution in [0.5, 0.6) is 0 Å². The molecule has 1 amide bonds. The van der Waals surface area contributed by atoms with Gasteiger partial charge in [-0.15, -0.1) is 0 Å². The Labute approximate surface area is 85.6 Å². The molecule has 1 rings (SSSR count). The summed E-state index contributed by atoms with van der Waals surface area (Å²) in [5.74, 6) is 0.763. The number of amides is 1. The van der Waals surface area contributed by atoms with Crippen LogP contribution in [0, 0.1) is 5.92 Å². The molecule has 1 aliphatic rings. The summed E-state index contributed by atoms with van der Waals surface area (Å²) < 4.78 is 0. The summed E-state index contributed by atoms with van der Waals surface area (Å²) in [6.45, 7) is 3.48. The Kier molecular flexibility index (Phi) is 5.56. The molecule has 0 atom stereocenters. The molecule has 4 heteroatoms. The van der Waals surface area contributed by atoms with Crippen molar-refractivity contribution >= 4 is 5.91 Å². The zero-order valence-electron chi connectivity index (χ0n) is 8.72. The molecule has 0 aromatic carbocycles. The van der Waals surface area contributed by atoms with Gasteiger partial charge in [-0.05, 0) is 44.8 Å². The molecule has 4 N–H and O–H groups in total. The Morgan fingerprint density at radius 2 is 2.14 bits per heavy atom. The summed E-state index contributed by atoms with van der Waals surface area (Å²) >= 11 is 0. The topological polar surface area (TPSA) is 67.1 Å². The van der Waals surface area contributed by atoms with Crippen molar-refractivity contribution in [3.05, 3.63) is 0 Å². The molecule has 1 aliphatic heterocycles. The van der Waals surface area contributed by atoms with Crippen LogP contribution in [-0.4, -0.2) is 32.1 Å². The molecule has 0 unspecified atom stereocenters. The Balaban J connectivity index is 2.06. The smallest absolute Gasteiger partial charge is 0.220 e. The first-order valence-electron chi connectivity index (χ1n) is 5.50. The van der Waals surface area contributed by atoms with E-state index in [1.807, 2.05) is 0 Å². The first-order chi connectivity index (χ1) is 6.83. The molecule has 1 saturated heterocycles. The first kappa shape index (κ1) is 11.5. The highest BCUT2D eigenvalue weighted by Crippen LogP contribution is 2.15. The quantitative estimate of drug-likeness (QED) is 0.539. The van der Waals surface area contributed by atoms with Crippen molar-refractivity contribution in [2.45, 2.75) is 25.7 Å². The van der Waals surface area contributed by atoms with E-state index in [9.17, 15) is 4.79 Å². The Hall–Kier alpha value is -0.610. The fraction of sp³-hybridized carbons (Fsp3) is 0.900. The van der Waals surface area contributed by atoms with Crippen LogP contribution in [0.3, 0.4) is 0 Å². The molecule has 0 aromatic heterocycles. The van der Waals surface area contributed by atoms with Gasteiger partial charge < -0.3 is 16.4 Å². The molecule has 0 saturated carbocycles. The first-order valence-corrected chi connectivity index (χ1v) is 5.50. The third-order valence-electron chi connectivity index (χ3n) is 2.64. The number of piperidine rings is 1. The lowest BCUT2D eigenvalue weighted by atomic mass is 9.94. The SMILES string of the molecule is NCCCNC(=O)CC1CCNCC1. The second-order valence-corrected chi connectivity index (χ2v) is 3.89. The van der Waals surface area contributed by atoms with Crippen LogP contribution >= 0.6 is 0 Å². The summed E-state index contributed by atoms with van der Waals surface area (Å²) in [7, 11) is 0. The van der Waals surface area contributed by atoms with Gasteiger partial charge in [0.1, 0.15) is 0 Å². The van der Waals surface area contributed by atoms with Crippen LogP contribution in [-0.2, 0) is 4.79 Å². The van der Waals surface area contributed by atoms with E-state index in [2.05, 4.69) is 10.6 Å². The second-order valence-electron chi connectivity index (χ2n) is 3.89. The van der Waals surface area contributed by atoms with Gasteiger partial charge in [-0.2, -0.15) is 0 Å². The van der Waals surface area contributed by atoms with Crippen LogP contribution in [0.2, 0.25) is 0 Å². The van der Waals surface area contributed by atoms with Gasteiger partial charge in [0.25, 0.3) is 0 Å². The van der Waals surface area contributed by atoms with E-state index in [0.717, 1.165) is 38.9 Å². The average molecular weight is 199 g/mol. The molecule has 82 valence electrons. The molecule has 0 spiro atoms. The molecule has 0 radical (unpaired) electrons. The maximum absolute atomic E-state index is 11.4. The number of nitrogens with two attached hydrogens (primary N) is 1. The molecule has 1 fully saturated rings. The average Bonchev–Trinajstić information content (AvgIpc) is 2.20. The van der Waals surface area contributed by atoms with Gasteiger partial charge in [-0.25, -0.2) is 0 Å². The van der Waals surface area contributed by atoms with Crippen LogP contribution in [0.15, 0.2) is 0 Å². The highest BCUT2D eigenvalue weighted by atomic mass is 16.1. The van der Waals surface area contributed by atoms with E-state index >= 15 is 0 Å². The molecule has 0 aliphatic carbocycles. The molecule has 4 nitrogen and oxygen atoms in total. The predicted molar refractivity (Wildman–Crippen MR) is 56.9 cm³/mol. The van der Waals surface area contributed by atoms with Crippen molar-refractivity contribution in [2.24, 2.45) is 11.7 Å². The summed E-state index contributed by atoms with van der Waals surface area (Å²) in [4.78, 5) is 11.4. The van der Waals surface area contributed by atoms with Gasteiger partial charge in [0.15, 0.2) is 0 Å². The van der Waals surface area contributed by atoms with E-state index in [1.54, 1.807) is 0 Å². The normalized spacial score (nSPS) is 18.1.